The molecule has 1 aliphatic heterocycles. The monoisotopic (exact) mass is 372 g/mol. The van der Waals surface area contributed by atoms with Crippen molar-refractivity contribution in [2.75, 3.05) is 33.4 Å². The van der Waals surface area contributed by atoms with Crippen LogP contribution in [0.3, 0.4) is 0 Å². The average Bonchev–Trinajstić information content (AvgIpc) is 3.06. The van der Waals surface area contributed by atoms with Gasteiger partial charge in [0.15, 0.2) is 5.75 Å². The topological polar surface area (TPSA) is 61.8 Å². The zero-order valence-corrected chi connectivity index (χ0v) is 15.5. The Morgan fingerprint density at radius 3 is 2.96 bits per heavy atom. The van der Waals surface area contributed by atoms with E-state index in [2.05, 4.69) is 10.2 Å². The minimum atomic E-state index is -0.413. The molecule has 7 heteroatoms. The minimum Gasteiger partial charge on any atom is -0.507 e. The van der Waals surface area contributed by atoms with Crippen LogP contribution < -0.4 is 10.1 Å². The highest BCUT2D eigenvalue weighted by Gasteiger charge is 2.27. The summed E-state index contributed by atoms with van der Waals surface area (Å²) >= 11 is 6.18. The molecule has 1 aromatic rings. The lowest BCUT2D eigenvalue weighted by Crippen LogP contribution is -2.40. The van der Waals surface area contributed by atoms with Crippen molar-refractivity contribution in [2.24, 2.45) is 0 Å². The summed E-state index contributed by atoms with van der Waals surface area (Å²) in [5, 5.41) is 13.6. The molecule has 1 atom stereocenters. The number of likely N-dealkylation sites (tertiary alicyclic amines) is 1. The number of phenolic OH excluding ortho intramolecular Hbond substituents is 1. The molecular weight excluding hydrogens is 347 g/mol. The number of hydrogen-bond acceptors (Lipinski definition) is 4. The number of methoxy groups -OCH3 is 1. The molecule has 0 unspecified atom stereocenters. The maximum Gasteiger partial charge on any atom is 0.258 e. The Morgan fingerprint density at radius 1 is 1.56 bits per heavy atom. The first kappa shape index (κ1) is 19.8. The van der Waals surface area contributed by atoms with Gasteiger partial charge >= 0.3 is 0 Å². The van der Waals surface area contributed by atoms with E-state index in [0.29, 0.717) is 36.5 Å². The third-order valence-electron chi connectivity index (χ3n) is 4.67. The van der Waals surface area contributed by atoms with Gasteiger partial charge in [-0.25, -0.2) is 0 Å². The van der Waals surface area contributed by atoms with Crippen LogP contribution in [0.15, 0.2) is 6.07 Å². The number of phenols is 1. The van der Waals surface area contributed by atoms with Gasteiger partial charge in [-0.3, -0.25) is 14.1 Å². The maximum atomic E-state index is 12.7. The highest BCUT2D eigenvalue weighted by molar-refractivity contribution is 6.33. The van der Waals surface area contributed by atoms with E-state index in [1.54, 1.807) is 6.07 Å². The number of alkyl halides is 1. The van der Waals surface area contributed by atoms with E-state index in [9.17, 15) is 14.3 Å². The number of aryl methyl sites for hydroxylation is 1. The Kier molecular flexibility index (Phi) is 7.32. The van der Waals surface area contributed by atoms with Crippen LogP contribution >= 0.6 is 11.6 Å². The molecule has 1 aliphatic rings. The second-order valence-electron chi connectivity index (χ2n) is 6.21. The van der Waals surface area contributed by atoms with Crippen molar-refractivity contribution in [1.82, 2.24) is 10.2 Å². The standard InChI is InChI=1S/C18H26ClFN2O3/c1-3-12-10-14(19)17(25-2)15(16(12)23)18(24)21-11-13-6-4-8-22(13)9-5-7-20/h10,13,23H,3-9,11H2,1-2H3,(H,21,24)/t13-/m0/s1. The molecule has 0 saturated carbocycles. The summed E-state index contributed by atoms with van der Waals surface area (Å²) in [6.45, 7) is 3.61. The number of benzene rings is 1. The van der Waals surface area contributed by atoms with Crippen molar-refractivity contribution < 1.29 is 19.0 Å². The van der Waals surface area contributed by atoms with Crippen molar-refractivity contribution in [3.8, 4) is 11.5 Å². The first-order chi connectivity index (χ1) is 12.0. The second kappa shape index (κ2) is 9.25. The largest absolute Gasteiger partial charge is 0.507 e. The first-order valence-corrected chi connectivity index (χ1v) is 9.07. The molecule has 0 bridgehead atoms. The van der Waals surface area contributed by atoms with Crippen molar-refractivity contribution in [1.29, 1.82) is 0 Å². The molecule has 25 heavy (non-hydrogen) atoms. The van der Waals surface area contributed by atoms with E-state index in [1.165, 1.54) is 7.11 Å². The summed E-state index contributed by atoms with van der Waals surface area (Å²) in [7, 11) is 1.42. The van der Waals surface area contributed by atoms with E-state index in [4.69, 9.17) is 16.3 Å². The van der Waals surface area contributed by atoms with Crippen LogP contribution in [0, 0.1) is 0 Å². The molecule has 1 saturated heterocycles. The number of nitrogens with one attached hydrogen (secondary N) is 1. The SMILES string of the molecule is CCc1cc(Cl)c(OC)c(C(=O)NC[C@@H]2CCCN2CCCF)c1O. The summed E-state index contributed by atoms with van der Waals surface area (Å²) in [4.78, 5) is 14.9. The maximum absolute atomic E-state index is 12.7. The van der Waals surface area contributed by atoms with Crippen LogP contribution in [0.25, 0.3) is 0 Å². The molecule has 2 N–H and O–H groups in total. The van der Waals surface area contributed by atoms with E-state index in [1.807, 2.05) is 6.92 Å². The summed E-state index contributed by atoms with van der Waals surface area (Å²) in [5.74, 6) is -0.333. The summed E-state index contributed by atoms with van der Waals surface area (Å²) in [5.41, 5.74) is 0.668. The number of aromatic hydroxyl groups is 1. The van der Waals surface area contributed by atoms with Crippen LogP contribution in [-0.4, -0.2) is 55.4 Å². The van der Waals surface area contributed by atoms with Gasteiger partial charge in [-0.1, -0.05) is 18.5 Å². The molecule has 0 aliphatic carbocycles. The summed E-state index contributed by atoms with van der Waals surface area (Å²) < 4.78 is 17.6. The van der Waals surface area contributed by atoms with Gasteiger partial charge in [-0.2, -0.15) is 0 Å². The Balaban J connectivity index is 2.11. The molecule has 140 valence electrons. The number of hydrogen-bond donors (Lipinski definition) is 2. The smallest absolute Gasteiger partial charge is 0.258 e. The third kappa shape index (κ3) is 4.55. The Labute approximate surface area is 153 Å². The number of amides is 1. The van der Waals surface area contributed by atoms with Gasteiger partial charge in [0.25, 0.3) is 5.91 Å². The van der Waals surface area contributed by atoms with Crippen molar-refractivity contribution >= 4 is 17.5 Å². The molecule has 2 rings (SSSR count). The molecule has 5 nitrogen and oxygen atoms in total. The number of carbonyl (C=O) groups is 1. The number of nitrogens with zero attached hydrogens (tertiary/aromatic N) is 1. The van der Waals surface area contributed by atoms with Crippen molar-refractivity contribution in [3.05, 3.63) is 22.2 Å². The average molecular weight is 373 g/mol. The molecule has 0 aromatic heterocycles. The van der Waals surface area contributed by atoms with Gasteiger partial charge in [0, 0.05) is 19.1 Å². The van der Waals surface area contributed by atoms with Crippen LogP contribution in [0.4, 0.5) is 4.39 Å². The lowest BCUT2D eigenvalue weighted by atomic mass is 10.0. The molecule has 1 aromatic carbocycles. The predicted molar refractivity (Wildman–Crippen MR) is 96.6 cm³/mol. The Bertz CT molecular complexity index is 612. The predicted octanol–water partition coefficient (Wildman–Crippen LogP) is 3.17. The number of halogens is 2. The van der Waals surface area contributed by atoms with Gasteiger partial charge in [0.2, 0.25) is 0 Å². The van der Waals surface area contributed by atoms with Gasteiger partial charge in [-0.05, 0) is 43.9 Å². The number of rotatable bonds is 8. The van der Waals surface area contributed by atoms with Gasteiger partial charge in [0.1, 0.15) is 11.3 Å². The minimum absolute atomic E-state index is 0.0696. The molecule has 0 spiro atoms. The fourth-order valence-corrected chi connectivity index (χ4v) is 3.64. The number of carbonyl (C=O) groups excluding carboxylic acids is 1. The highest BCUT2D eigenvalue weighted by atomic mass is 35.5. The molecular formula is C18H26ClFN2O3. The molecule has 1 amide bonds. The first-order valence-electron chi connectivity index (χ1n) is 8.70. The van der Waals surface area contributed by atoms with Crippen LogP contribution in [0.5, 0.6) is 11.5 Å². The fraction of sp³-hybridized carbons (Fsp3) is 0.611. The zero-order valence-electron chi connectivity index (χ0n) is 14.8. The lowest BCUT2D eigenvalue weighted by Gasteiger charge is -2.24. The molecule has 1 heterocycles. The second-order valence-corrected chi connectivity index (χ2v) is 6.62. The Hall–Kier alpha value is -1.53. The number of ether oxygens (including phenoxy) is 1. The van der Waals surface area contributed by atoms with Crippen LogP contribution in [0.1, 0.15) is 42.1 Å². The fourth-order valence-electron chi connectivity index (χ4n) is 3.34. The molecule has 0 radical (unpaired) electrons. The highest BCUT2D eigenvalue weighted by Crippen LogP contribution is 2.38. The van der Waals surface area contributed by atoms with Gasteiger partial charge in [-0.15, -0.1) is 0 Å². The van der Waals surface area contributed by atoms with E-state index in [0.717, 1.165) is 19.4 Å². The summed E-state index contributed by atoms with van der Waals surface area (Å²) in [6.07, 6.45) is 3.06. The summed E-state index contributed by atoms with van der Waals surface area (Å²) in [6, 6.07) is 1.80. The van der Waals surface area contributed by atoms with Crippen molar-refractivity contribution in [2.45, 2.75) is 38.6 Å². The third-order valence-corrected chi connectivity index (χ3v) is 4.96. The normalized spacial score (nSPS) is 17.7. The Morgan fingerprint density at radius 2 is 2.32 bits per heavy atom. The van der Waals surface area contributed by atoms with Crippen LogP contribution in [0.2, 0.25) is 5.02 Å². The van der Waals surface area contributed by atoms with Gasteiger partial charge in [0.05, 0.1) is 18.8 Å². The quantitative estimate of drug-likeness (QED) is 0.735. The van der Waals surface area contributed by atoms with E-state index >= 15 is 0 Å². The van der Waals surface area contributed by atoms with Gasteiger partial charge < -0.3 is 15.2 Å². The zero-order chi connectivity index (χ0) is 18.4. The lowest BCUT2D eigenvalue weighted by molar-refractivity contribution is 0.0934. The van der Waals surface area contributed by atoms with Crippen molar-refractivity contribution in [3.63, 3.8) is 0 Å². The van der Waals surface area contributed by atoms with E-state index < -0.39 is 5.91 Å². The molecule has 1 fully saturated rings. The van der Waals surface area contributed by atoms with Crippen LogP contribution in [-0.2, 0) is 6.42 Å². The van der Waals surface area contributed by atoms with E-state index in [-0.39, 0.29) is 29.8 Å².